The van der Waals surface area contributed by atoms with Crippen molar-refractivity contribution < 1.29 is 21.6 Å². The molecular formula is C9H10ClF3N2O2S. The number of hydrogen-bond donors (Lipinski definition) is 2. The van der Waals surface area contributed by atoms with Crippen molar-refractivity contribution >= 4 is 21.6 Å². The van der Waals surface area contributed by atoms with Gasteiger partial charge in [-0.1, -0.05) is 11.6 Å². The lowest BCUT2D eigenvalue weighted by Gasteiger charge is -2.10. The number of alkyl halides is 2. The van der Waals surface area contributed by atoms with Crippen LogP contribution < -0.4 is 10.5 Å². The number of benzene rings is 1. The zero-order valence-electron chi connectivity index (χ0n) is 8.96. The fourth-order valence-corrected chi connectivity index (χ4v) is 2.67. The highest BCUT2D eigenvalue weighted by atomic mass is 35.5. The molecule has 1 aromatic rings. The molecule has 0 bridgehead atoms. The maximum Gasteiger partial charge on any atom is 0.251 e. The van der Waals surface area contributed by atoms with E-state index in [2.05, 4.69) is 0 Å². The molecule has 0 amide bonds. The Bertz CT molecular complexity index is 537. The molecule has 0 aliphatic rings. The number of hydrogen-bond acceptors (Lipinski definition) is 3. The number of nitrogens with one attached hydrogen (secondary N) is 1. The summed E-state index contributed by atoms with van der Waals surface area (Å²) in [6.07, 6.45) is -2.88. The summed E-state index contributed by atoms with van der Waals surface area (Å²) >= 11 is 5.61. The summed E-state index contributed by atoms with van der Waals surface area (Å²) in [7, 11) is -4.39. The van der Waals surface area contributed by atoms with Crippen molar-refractivity contribution in [2.24, 2.45) is 5.73 Å². The highest BCUT2D eigenvalue weighted by Gasteiger charge is 2.23. The normalized spacial score (nSPS) is 12.1. The first kappa shape index (κ1) is 15.2. The van der Waals surface area contributed by atoms with Crippen LogP contribution in [0.15, 0.2) is 17.0 Å². The molecule has 1 aromatic carbocycles. The van der Waals surface area contributed by atoms with Gasteiger partial charge in [-0.3, -0.25) is 0 Å². The highest BCUT2D eigenvalue weighted by Crippen LogP contribution is 2.23. The van der Waals surface area contributed by atoms with Gasteiger partial charge in [0.25, 0.3) is 6.43 Å². The first-order valence-electron chi connectivity index (χ1n) is 4.73. The Morgan fingerprint density at radius 2 is 2.00 bits per heavy atom. The molecule has 0 spiro atoms. The number of nitrogens with two attached hydrogens (primary N) is 1. The molecule has 18 heavy (non-hydrogen) atoms. The molecule has 0 aromatic heterocycles. The molecule has 0 aliphatic heterocycles. The molecule has 0 atom stereocenters. The second-order valence-corrected chi connectivity index (χ2v) is 5.50. The third-order valence-corrected chi connectivity index (χ3v) is 3.66. The lowest BCUT2D eigenvalue weighted by Crippen LogP contribution is -2.29. The van der Waals surface area contributed by atoms with Crippen LogP contribution in [0, 0.1) is 5.82 Å². The fourth-order valence-electron chi connectivity index (χ4n) is 1.21. The van der Waals surface area contributed by atoms with Gasteiger partial charge >= 0.3 is 0 Å². The summed E-state index contributed by atoms with van der Waals surface area (Å²) in [5, 5.41) is -0.0470. The lowest BCUT2D eigenvalue weighted by atomic mass is 10.2. The van der Waals surface area contributed by atoms with E-state index in [1.165, 1.54) is 6.07 Å². The van der Waals surface area contributed by atoms with Crippen molar-refractivity contribution in [1.29, 1.82) is 0 Å². The largest absolute Gasteiger partial charge is 0.326 e. The number of halogens is 4. The van der Waals surface area contributed by atoms with Gasteiger partial charge in [-0.25, -0.2) is 26.3 Å². The zero-order valence-corrected chi connectivity index (χ0v) is 10.5. The number of rotatable bonds is 5. The molecule has 0 heterocycles. The molecule has 0 saturated heterocycles. The first-order chi connectivity index (χ1) is 8.27. The van der Waals surface area contributed by atoms with E-state index in [0.717, 1.165) is 6.07 Å². The summed E-state index contributed by atoms with van der Waals surface area (Å²) in [5.74, 6) is -1.09. The van der Waals surface area contributed by atoms with Crippen molar-refractivity contribution in [2.45, 2.75) is 17.9 Å². The van der Waals surface area contributed by atoms with Crippen molar-refractivity contribution in [1.82, 2.24) is 4.72 Å². The molecule has 3 N–H and O–H groups in total. The minimum Gasteiger partial charge on any atom is -0.326 e. The summed E-state index contributed by atoms with van der Waals surface area (Å²) in [4.78, 5) is -0.795. The third-order valence-electron chi connectivity index (χ3n) is 2.02. The van der Waals surface area contributed by atoms with Gasteiger partial charge in [0.1, 0.15) is 10.7 Å². The minimum absolute atomic E-state index is 0.0470. The maximum absolute atomic E-state index is 13.7. The van der Waals surface area contributed by atoms with Crippen LogP contribution in [0.2, 0.25) is 5.02 Å². The van der Waals surface area contributed by atoms with E-state index < -0.39 is 33.7 Å². The lowest BCUT2D eigenvalue weighted by molar-refractivity contribution is 0.153. The van der Waals surface area contributed by atoms with Crippen LogP contribution in [0.4, 0.5) is 13.2 Å². The fraction of sp³-hybridized carbons (Fsp3) is 0.333. The summed E-state index contributed by atoms with van der Waals surface area (Å²) in [6.45, 7) is -1.37. The Morgan fingerprint density at radius 1 is 1.39 bits per heavy atom. The van der Waals surface area contributed by atoms with Crippen LogP contribution in [-0.2, 0) is 16.6 Å². The average molecular weight is 303 g/mol. The minimum atomic E-state index is -4.39. The molecule has 9 heteroatoms. The smallest absolute Gasteiger partial charge is 0.251 e. The van der Waals surface area contributed by atoms with Crippen LogP contribution in [0.3, 0.4) is 0 Å². The Balaban J connectivity index is 3.20. The van der Waals surface area contributed by atoms with Crippen molar-refractivity contribution in [3.63, 3.8) is 0 Å². The van der Waals surface area contributed by atoms with Gasteiger partial charge in [-0.15, -0.1) is 0 Å². The molecule has 0 saturated carbocycles. The van der Waals surface area contributed by atoms with E-state index in [1.807, 2.05) is 0 Å². The Kier molecular flexibility index (Phi) is 4.97. The SMILES string of the molecule is NCc1cc(Cl)cc(S(=O)(=O)NCC(F)F)c1F. The van der Waals surface area contributed by atoms with E-state index in [1.54, 1.807) is 4.72 Å². The van der Waals surface area contributed by atoms with Gasteiger partial charge in [0.05, 0.1) is 6.54 Å². The average Bonchev–Trinajstić information content (AvgIpc) is 2.29. The molecule has 1 rings (SSSR count). The summed E-state index contributed by atoms with van der Waals surface area (Å²) in [6, 6.07) is 2.01. The van der Waals surface area contributed by atoms with E-state index in [0.29, 0.717) is 0 Å². The van der Waals surface area contributed by atoms with Crippen LogP contribution in [0.25, 0.3) is 0 Å². The molecule has 0 fully saturated rings. The van der Waals surface area contributed by atoms with Crippen LogP contribution in [-0.4, -0.2) is 21.4 Å². The van der Waals surface area contributed by atoms with Gasteiger partial charge in [0.2, 0.25) is 10.0 Å². The predicted molar refractivity (Wildman–Crippen MR) is 60.5 cm³/mol. The Morgan fingerprint density at radius 3 is 2.50 bits per heavy atom. The van der Waals surface area contributed by atoms with Crippen LogP contribution >= 0.6 is 11.6 Å². The maximum atomic E-state index is 13.7. The zero-order chi connectivity index (χ0) is 13.9. The van der Waals surface area contributed by atoms with Crippen molar-refractivity contribution in [2.75, 3.05) is 6.54 Å². The first-order valence-corrected chi connectivity index (χ1v) is 6.60. The molecule has 0 unspecified atom stereocenters. The second kappa shape index (κ2) is 5.87. The van der Waals surface area contributed by atoms with E-state index >= 15 is 0 Å². The van der Waals surface area contributed by atoms with E-state index in [-0.39, 0.29) is 17.1 Å². The van der Waals surface area contributed by atoms with Crippen LogP contribution in [0.5, 0.6) is 0 Å². The summed E-state index contributed by atoms with van der Waals surface area (Å²) < 4.78 is 62.4. The quantitative estimate of drug-likeness (QED) is 0.865. The second-order valence-electron chi connectivity index (χ2n) is 3.32. The summed E-state index contributed by atoms with van der Waals surface area (Å²) in [5.41, 5.74) is 5.11. The van der Waals surface area contributed by atoms with Gasteiger partial charge in [0, 0.05) is 17.1 Å². The molecule has 4 nitrogen and oxygen atoms in total. The van der Waals surface area contributed by atoms with Crippen molar-refractivity contribution in [3.05, 3.63) is 28.5 Å². The van der Waals surface area contributed by atoms with Crippen molar-refractivity contribution in [3.8, 4) is 0 Å². The Hall–Kier alpha value is -0.830. The topological polar surface area (TPSA) is 72.2 Å². The van der Waals surface area contributed by atoms with Gasteiger partial charge < -0.3 is 5.73 Å². The Labute approximate surface area is 107 Å². The van der Waals surface area contributed by atoms with E-state index in [4.69, 9.17) is 17.3 Å². The van der Waals surface area contributed by atoms with Gasteiger partial charge in [-0.2, -0.15) is 0 Å². The highest BCUT2D eigenvalue weighted by molar-refractivity contribution is 7.89. The molecular weight excluding hydrogens is 293 g/mol. The molecule has 0 radical (unpaired) electrons. The van der Waals surface area contributed by atoms with Gasteiger partial charge in [-0.05, 0) is 12.1 Å². The predicted octanol–water partition coefficient (Wildman–Crippen LogP) is 1.48. The van der Waals surface area contributed by atoms with E-state index in [9.17, 15) is 21.6 Å². The molecule has 0 aliphatic carbocycles. The van der Waals surface area contributed by atoms with Crippen LogP contribution in [0.1, 0.15) is 5.56 Å². The third kappa shape index (κ3) is 3.58. The monoisotopic (exact) mass is 302 g/mol. The molecule has 102 valence electrons. The number of sulfonamides is 1. The standard InChI is InChI=1S/C9H10ClF3N2O2S/c10-6-1-5(3-14)9(13)7(2-6)18(16,17)15-4-8(11)12/h1-2,8,15H,3-4,14H2. The van der Waals surface area contributed by atoms with Gasteiger partial charge in [0.15, 0.2) is 0 Å².